The number of nitrogens with zero attached hydrogens (tertiary/aromatic N) is 1. The minimum absolute atomic E-state index is 0.326. The van der Waals surface area contributed by atoms with Gasteiger partial charge in [-0.1, -0.05) is 170 Å². The molecule has 2 atom stereocenters. The van der Waals surface area contributed by atoms with Crippen LogP contribution in [0.25, 0.3) is 71.3 Å². The Morgan fingerprint density at radius 2 is 1.12 bits per heavy atom. The second-order valence-corrected chi connectivity index (χ2v) is 16.0. The fourth-order valence-electron chi connectivity index (χ4n) is 9.73. The zero-order valence-corrected chi connectivity index (χ0v) is 32.9. The highest BCUT2D eigenvalue weighted by Gasteiger charge is 2.30. The van der Waals surface area contributed by atoms with Crippen LogP contribution in [0.4, 0.5) is 17.1 Å². The molecule has 8 aromatic carbocycles. The molecule has 0 aliphatic heterocycles. The van der Waals surface area contributed by atoms with Gasteiger partial charge < -0.3 is 9.32 Å². The van der Waals surface area contributed by atoms with Crippen molar-refractivity contribution in [3.05, 3.63) is 241 Å². The molecule has 2 heteroatoms. The first kappa shape index (κ1) is 34.4. The van der Waals surface area contributed by atoms with Crippen molar-refractivity contribution in [3.63, 3.8) is 0 Å². The third-order valence-corrected chi connectivity index (χ3v) is 12.6. The van der Waals surface area contributed by atoms with Crippen LogP contribution >= 0.6 is 0 Å². The third-order valence-electron chi connectivity index (χ3n) is 12.6. The van der Waals surface area contributed by atoms with E-state index in [1.807, 2.05) is 0 Å². The quantitative estimate of drug-likeness (QED) is 0.168. The van der Waals surface area contributed by atoms with E-state index in [2.05, 4.69) is 229 Å². The summed E-state index contributed by atoms with van der Waals surface area (Å²) in [6.07, 6.45) is 20.4. The third kappa shape index (κ3) is 5.72. The van der Waals surface area contributed by atoms with E-state index < -0.39 is 0 Å². The van der Waals surface area contributed by atoms with E-state index in [0.717, 1.165) is 50.1 Å². The van der Waals surface area contributed by atoms with Gasteiger partial charge in [-0.2, -0.15) is 0 Å². The van der Waals surface area contributed by atoms with Gasteiger partial charge in [-0.05, 0) is 115 Å². The molecule has 0 saturated carbocycles. The van der Waals surface area contributed by atoms with E-state index in [1.54, 1.807) is 0 Å². The first-order valence-electron chi connectivity index (χ1n) is 20.8. The Balaban J connectivity index is 1.04. The molecule has 0 fully saturated rings. The molecule has 0 amide bonds. The SMILES string of the molecule is C1=CC2=CC(c3ccc(N(c4cccc(-c5ccc6ccccc6c5)c4)c4ccccc4-c4cccc5oc6cc7ccccc7cc6c45)cc3)=C3C=CC=CC3C2C=C1. The second-order valence-electron chi connectivity index (χ2n) is 16.0. The summed E-state index contributed by atoms with van der Waals surface area (Å²) >= 11 is 0. The number of allylic oxidation sites excluding steroid dienone is 12. The summed E-state index contributed by atoms with van der Waals surface area (Å²) in [6.45, 7) is 0. The predicted octanol–water partition coefficient (Wildman–Crippen LogP) is 15.9. The molecule has 3 aliphatic rings. The van der Waals surface area contributed by atoms with Crippen molar-refractivity contribution in [1.29, 1.82) is 0 Å². The Morgan fingerprint density at radius 3 is 1.98 bits per heavy atom. The minimum atomic E-state index is 0.326. The molecule has 1 aromatic heterocycles. The van der Waals surface area contributed by atoms with Gasteiger partial charge in [-0.25, -0.2) is 0 Å². The van der Waals surface area contributed by atoms with Gasteiger partial charge in [0.05, 0.1) is 5.69 Å². The zero-order valence-electron chi connectivity index (χ0n) is 32.9. The summed E-state index contributed by atoms with van der Waals surface area (Å²) in [6, 6.07) is 61.8. The summed E-state index contributed by atoms with van der Waals surface area (Å²) in [4.78, 5) is 2.42. The fraction of sp³-hybridized carbons (Fsp3) is 0.0345. The standard InChI is InChI=1S/C58H39NO/c1-2-14-40-33-44(28-27-38(40)13-1)41-18-11-19-47(34-41)59(46-31-29-39(30-32-46)53-36-45-17-5-6-20-48(45)49-21-7-8-22-50(49)53)55-25-10-9-23-51(55)52-24-12-26-56-58(52)54-35-42-15-3-4-16-43(42)37-57(54)60-56/h1-37,48-49H. The van der Waals surface area contributed by atoms with Crippen molar-refractivity contribution < 1.29 is 4.42 Å². The van der Waals surface area contributed by atoms with Crippen LogP contribution in [0.3, 0.4) is 0 Å². The van der Waals surface area contributed by atoms with Gasteiger partial charge in [0, 0.05) is 39.5 Å². The number of para-hydroxylation sites is 1. The Bertz CT molecular complexity index is 3380. The normalized spacial score (nSPS) is 16.8. The van der Waals surface area contributed by atoms with E-state index in [-0.39, 0.29) is 0 Å². The van der Waals surface area contributed by atoms with Crippen LogP contribution < -0.4 is 4.90 Å². The molecule has 2 nitrogen and oxygen atoms in total. The first-order valence-corrected chi connectivity index (χ1v) is 20.8. The molecule has 0 radical (unpaired) electrons. The Kier molecular flexibility index (Phi) is 8.02. The molecule has 1 heterocycles. The van der Waals surface area contributed by atoms with Gasteiger partial charge in [0.1, 0.15) is 11.2 Å². The van der Waals surface area contributed by atoms with Gasteiger partial charge in [0.15, 0.2) is 0 Å². The molecule has 3 aliphatic carbocycles. The van der Waals surface area contributed by atoms with Crippen LogP contribution in [-0.2, 0) is 0 Å². The van der Waals surface area contributed by atoms with Crippen molar-refractivity contribution in [2.24, 2.45) is 11.8 Å². The summed E-state index contributed by atoms with van der Waals surface area (Å²) in [7, 11) is 0. The predicted molar refractivity (Wildman–Crippen MR) is 253 cm³/mol. The molecular weight excluding hydrogens is 727 g/mol. The topological polar surface area (TPSA) is 16.4 Å². The zero-order chi connectivity index (χ0) is 39.6. The average Bonchev–Trinajstić information content (AvgIpc) is 3.68. The number of anilines is 3. The van der Waals surface area contributed by atoms with Gasteiger partial charge in [-0.3, -0.25) is 0 Å². The summed E-state index contributed by atoms with van der Waals surface area (Å²) in [5.41, 5.74) is 14.9. The van der Waals surface area contributed by atoms with Crippen LogP contribution in [0.5, 0.6) is 0 Å². The van der Waals surface area contributed by atoms with E-state index in [9.17, 15) is 0 Å². The first-order chi connectivity index (χ1) is 29.7. The van der Waals surface area contributed by atoms with Crippen LogP contribution in [-0.4, -0.2) is 0 Å². The molecule has 2 unspecified atom stereocenters. The second kappa shape index (κ2) is 14.0. The molecule has 9 aromatic rings. The maximum absolute atomic E-state index is 6.59. The van der Waals surface area contributed by atoms with Crippen LogP contribution in [0.15, 0.2) is 240 Å². The maximum atomic E-state index is 6.59. The number of hydrogen-bond acceptors (Lipinski definition) is 2. The number of hydrogen-bond donors (Lipinski definition) is 0. The van der Waals surface area contributed by atoms with Crippen molar-refractivity contribution in [2.45, 2.75) is 0 Å². The average molecular weight is 766 g/mol. The van der Waals surface area contributed by atoms with Crippen molar-refractivity contribution >= 4 is 66.1 Å². The van der Waals surface area contributed by atoms with E-state index in [0.29, 0.717) is 11.8 Å². The smallest absolute Gasteiger partial charge is 0.136 e. The molecule has 282 valence electrons. The van der Waals surface area contributed by atoms with Crippen molar-refractivity contribution in [1.82, 2.24) is 0 Å². The van der Waals surface area contributed by atoms with Gasteiger partial charge >= 0.3 is 0 Å². The summed E-state index contributed by atoms with van der Waals surface area (Å²) in [5.74, 6) is 0.693. The molecule has 12 rings (SSSR count). The number of furan rings is 1. The lowest BCUT2D eigenvalue weighted by Gasteiger charge is -2.33. The largest absolute Gasteiger partial charge is 0.456 e. The highest BCUT2D eigenvalue weighted by Crippen LogP contribution is 2.47. The molecule has 60 heavy (non-hydrogen) atoms. The lowest BCUT2D eigenvalue weighted by molar-refractivity contribution is 0.618. The van der Waals surface area contributed by atoms with Crippen LogP contribution in [0, 0.1) is 11.8 Å². The number of benzene rings is 8. The van der Waals surface area contributed by atoms with Crippen molar-refractivity contribution in [2.75, 3.05) is 4.90 Å². The Hall–Kier alpha value is -7.68. The Morgan fingerprint density at radius 1 is 0.433 bits per heavy atom. The Labute approximate surface area is 349 Å². The number of rotatable bonds is 6. The lowest BCUT2D eigenvalue weighted by Crippen LogP contribution is -2.21. The highest BCUT2D eigenvalue weighted by atomic mass is 16.3. The van der Waals surface area contributed by atoms with Crippen molar-refractivity contribution in [3.8, 4) is 22.3 Å². The molecule has 0 N–H and O–H groups in total. The number of fused-ring (bicyclic) bond motifs is 8. The lowest BCUT2D eigenvalue weighted by atomic mass is 9.70. The molecule has 0 bridgehead atoms. The fourth-order valence-corrected chi connectivity index (χ4v) is 9.73. The molecule has 0 saturated heterocycles. The van der Waals surface area contributed by atoms with Gasteiger partial charge in [-0.15, -0.1) is 0 Å². The minimum Gasteiger partial charge on any atom is -0.456 e. The summed E-state index contributed by atoms with van der Waals surface area (Å²) in [5, 5.41) is 7.09. The molecular formula is C58H39NO. The van der Waals surface area contributed by atoms with Gasteiger partial charge in [0.25, 0.3) is 0 Å². The van der Waals surface area contributed by atoms with E-state index >= 15 is 0 Å². The van der Waals surface area contributed by atoms with Crippen LogP contribution in [0.1, 0.15) is 5.56 Å². The van der Waals surface area contributed by atoms with Crippen LogP contribution in [0.2, 0.25) is 0 Å². The maximum Gasteiger partial charge on any atom is 0.136 e. The summed E-state index contributed by atoms with van der Waals surface area (Å²) < 4.78 is 6.59. The molecule has 0 spiro atoms. The van der Waals surface area contributed by atoms with E-state index in [1.165, 1.54) is 55.0 Å². The highest BCUT2D eigenvalue weighted by molar-refractivity contribution is 6.16. The monoisotopic (exact) mass is 765 g/mol. The van der Waals surface area contributed by atoms with E-state index in [4.69, 9.17) is 4.42 Å². The van der Waals surface area contributed by atoms with Gasteiger partial charge in [0.2, 0.25) is 0 Å².